The Bertz CT molecular complexity index is 1220. The van der Waals surface area contributed by atoms with Crippen molar-refractivity contribution in [2.75, 3.05) is 6.54 Å². The van der Waals surface area contributed by atoms with Gasteiger partial charge in [-0.25, -0.2) is 30.9 Å². The summed E-state index contributed by atoms with van der Waals surface area (Å²) < 4.78 is 69.2. The lowest BCUT2D eigenvalue weighted by Gasteiger charge is -2.16. The van der Waals surface area contributed by atoms with E-state index in [0.717, 1.165) is 30.3 Å². The van der Waals surface area contributed by atoms with E-state index in [0.29, 0.717) is 12.1 Å². The Labute approximate surface area is 175 Å². The number of nitrogens with one attached hydrogen (secondary N) is 1. The van der Waals surface area contributed by atoms with E-state index in [-0.39, 0.29) is 27.1 Å². The monoisotopic (exact) mass is 451 g/mol. The maximum atomic E-state index is 13.2. The zero-order chi connectivity index (χ0) is 21.9. The lowest BCUT2D eigenvalue weighted by molar-refractivity contribution is 0.570. The van der Waals surface area contributed by atoms with Crippen molar-refractivity contribution in [3.05, 3.63) is 72.6 Å². The average Bonchev–Trinajstić information content (AvgIpc) is 3.21. The van der Waals surface area contributed by atoms with Gasteiger partial charge in [-0.2, -0.15) is 0 Å². The number of sulfone groups is 1. The van der Waals surface area contributed by atoms with Gasteiger partial charge in [0, 0.05) is 25.5 Å². The molecule has 2 aromatic carbocycles. The van der Waals surface area contributed by atoms with E-state index in [1.54, 1.807) is 23.3 Å². The van der Waals surface area contributed by atoms with Crippen molar-refractivity contribution in [2.24, 2.45) is 0 Å². The standard InChI is InChI=1S/C20H22FN3O4S2/c1-15(2)19-8-7-18(29(25,26)17-5-3-16(21)4-6-17)13-20(19)30(27,28)23-10-12-24-11-9-22-14-24/h3-9,11,13-15,23H,10,12H2,1-2H3. The molecule has 0 bridgehead atoms. The smallest absolute Gasteiger partial charge is 0.240 e. The SMILES string of the molecule is CC(C)c1ccc(S(=O)(=O)c2ccc(F)cc2)cc1S(=O)(=O)NCCn1ccnc1. The van der Waals surface area contributed by atoms with Crippen LogP contribution in [0.4, 0.5) is 4.39 Å². The van der Waals surface area contributed by atoms with Crippen molar-refractivity contribution in [1.82, 2.24) is 14.3 Å². The quantitative estimate of drug-likeness (QED) is 0.531. The normalized spacial score (nSPS) is 12.4. The van der Waals surface area contributed by atoms with Gasteiger partial charge >= 0.3 is 0 Å². The number of benzene rings is 2. The second kappa shape index (κ2) is 8.66. The maximum absolute atomic E-state index is 13.2. The Balaban J connectivity index is 1.97. The molecule has 7 nitrogen and oxygen atoms in total. The summed E-state index contributed by atoms with van der Waals surface area (Å²) >= 11 is 0. The summed E-state index contributed by atoms with van der Waals surface area (Å²) in [4.78, 5) is 3.52. The van der Waals surface area contributed by atoms with E-state index >= 15 is 0 Å². The highest BCUT2D eigenvalue weighted by Gasteiger charge is 2.25. The molecule has 0 atom stereocenters. The number of imidazole rings is 1. The number of hydrogen-bond donors (Lipinski definition) is 1. The fraction of sp³-hybridized carbons (Fsp3) is 0.250. The molecule has 0 saturated heterocycles. The predicted molar refractivity (Wildman–Crippen MR) is 110 cm³/mol. The maximum Gasteiger partial charge on any atom is 0.240 e. The van der Waals surface area contributed by atoms with E-state index in [4.69, 9.17) is 0 Å². The third kappa shape index (κ3) is 4.77. The van der Waals surface area contributed by atoms with E-state index in [9.17, 15) is 21.2 Å². The summed E-state index contributed by atoms with van der Waals surface area (Å²) in [6, 6.07) is 8.43. The van der Waals surface area contributed by atoms with Crippen LogP contribution in [0.25, 0.3) is 0 Å². The molecular weight excluding hydrogens is 429 g/mol. The highest BCUT2D eigenvalue weighted by atomic mass is 32.2. The van der Waals surface area contributed by atoms with Crippen molar-refractivity contribution in [1.29, 1.82) is 0 Å². The summed E-state index contributed by atoms with van der Waals surface area (Å²) in [5.41, 5.74) is 0.503. The molecule has 1 N–H and O–H groups in total. The van der Waals surface area contributed by atoms with E-state index in [1.165, 1.54) is 12.1 Å². The molecule has 0 aliphatic rings. The highest BCUT2D eigenvalue weighted by Crippen LogP contribution is 2.29. The fourth-order valence-electron chi connectivity index (χ4n) is 2.95. The Morgan fingerprint density at radius 3 is 2.30 bits per heavy atom. The first-order chi connectivity index (χ1) is 14.1. The van der Waals surface area contributed by atoms with Crippen molar-refractivity contribution < 1.29 is 21.2 Å². The van der Waals surface area contributed by atoms with Crippen LogP contribution in [0.3, 0.4) is 0 Å². The van der Waals surface area contributed by atoms with Gasteiger partial charge in [-0.15, -0.1) is 0 Å². The van der Waals surface area contributed by atoms with Gasteiger partial charge in [0.05, 0.1) is 21.0 Å². The van der Waals surface area contributed by atoms with Gasteiger partial charge in [0.15, 0.2) is 0 Å². The van der Waals surface area contributed by atoms with Gasteiger partial charge in [0.2, 0.25) is 19.9 Å². The molecule has 1 heterocycles. The Morgan fingerprint density at radius 1 is 1.03 bits per heavy atom. The third-order valence-electron chi connectivity index (χ3n) is 4.55. The van der Waals surface area contributed by atoms with Gasteiger partial charge in [-0.1, -0.05) is 19.9 Å². The Hall–Kier alpha value is -2.56. The molecule has 0 saturated carbocycles. The molecular formula is C20H22FN3O4S2. The van der Waals surface area contributed by atoms with Crippen LogP contribution in [0.5, 0.6) is 0 Å². The summed E-state index contributed by atoms with van der Waals surface area (Å²) in [6.07, 6.45) is 4.88. The van der Waals surface area contributed by atoms with Gasteiger partial charge in [-0.05, 0) is 47.9 Å². The number of aromatic nitrogens is 2. The topological polar surface area (TPSA) is 98.1 Å². The number of hydrogen-bond acceptors (Lipinski definition) is 5. The molecule has 3 aromatic rings. The first-order valence-electron chi connectivity index (χ1n) is 9.21. The minimum absolute atomic E-state index is 0.0914. The van der Waals surface area contributed by atoms with Crippen molar-refractivity contribution in [3.8, 4) is 0 Å². The molecule has 30 heavy (non-hydrogen) atoms. The van der Waals surface area contributed by atoms with Crippen LogP contribution < -0.4 is 4.72 Å². The molecule has 0 aliphatic carbocycles. The van der Waals surface area contributed by atoms with Crippen LogP contribution in [0.1, 0.15) is 25.3 Å². The molecule has 160 valence electrons. The number of halogens is 1. The number of nitrogens with zero attached hydrogens (tertiary/aromatic N) is 2. The third-order valence-corrected chi connectivity index (χ3v) is 7.84. The van der Waals surface area contributed by atoms with Crippen LogP contribution in [-0.4, -0.2) is 32.9 Å². The fourth-order valence-corrected chi connectivity index (χ4v) is 5.72. The van der Waals surface area contributed by atoms with Gasteiger partial charge < -0.3 is 4.57 Å². The van der Waals surface area contributed by atoms with E-state index < -0.39 is 25.7 Å². The first kappa shape index (κ1) is 22.1. The Kier molecular flexibility index (Phi) is 6.39. The molecule has 0 aliphatic heterocycles. The van der Waals surface area contributed by atoms with Crippen LogP contribution in [0, 0.1) is 5.82 Å². The molecule has 1 aromatic heterocycles. The minimum Gasteiger partial charge on any atom is -0.336 e. The summed E-state index contributed by atoms with van der Waals surface area (Å²) in [5.74, 6) is -0.706. The minimum atomic E-state index is -4.01. The van der Waals surface area contributed by atoms with Crippen LogP contribution in [0.2, 0.25) is 0 Å². The average molecular weight is 452 g/mol. The van der Waals surface area contributed by atoms with Gasteiger partial charge in [0.25, 0.3) is 0 Å². The van der Waals surface area contributed by atoms with E-state index in [1.807, 2.05) is 13.8 Å². The van der Waals surface area contributed by atoms with Gasteiger partial charge in [-0.3, -0.25) is 0 Å². The largest absolute Gasteiger partial charge is 0.336 e. The summed E-state index contributed by atoms with van der Waals surface area (Å²) in [6.45, 7) is 4.15. The zero-order valence-corrected chi connectivity index (χ0v) is 18.1. The molecule has 3 rings (SSSR count). The molecule has 10 heteroatoms. The molecule has 0 fully saturated rings. The van der Waals surface area contributed by atoms with Crippen molar-refractivity contribution in [2.45, 2.75) is 41.0 Å². The lowest BCUT2D eigenvalue weighted by atomic mass is 10.0. The number of sulfonamides is 1. The van der Waals surface area contributed by atoms with Crippen molar-refractivity contribution >= 4 is 19.9 Å². The first-order valence-corrected chi connectivity index (χ1v) is 12.2. The zero-order valence-electron chi connectivity index (χ0n) is 16.5. The summed E-state index contributed by atoms with van der Waals surface area (Å²) in [7, 11) is -7.98. The van der Waals surface area contributed by atoms with E-state index in [2.05, 4.69) is 9.71 Å². The van der Waals surface area contributed by atoms with Crippen LogP contribution >= 0.6 is 0 Å². The molecule has 0 radical (unpaired) electrons. The van der Waals surface area contributed by atoms with Gasteiger partial charge in [0.1, 0.15) is 5.82 Å². The van der Waals surface area contributed by atoms with Crippen LogP contribution in [-0.2, 0) is 26.4 Å². The molecule has 0 unspecified atom stereocenters. The summed E-state index contributed by atoms with van der Waals surface area (Å²) in [5, 5.41) is 0. The second-order valence-electron chi connectivity index (χ2n) is 7.01. The lowest BCUT2D eigenvalue weighted by Crippen LogP contribution is -2.28. The number of rotatable bonds is 8. The van der Waals surface area contributed by atoms with Crippen LogP contribution in [0.15, 0.2) is 75.9 Å². The second-order valence-corrected chi connectivity index (χ2v) is 10.7. The highest BCUT2D eigenvalue weighted by molar-refractivity contribution is 7.91. The predicted octanol–water partition coefficient (Wildman–Crippen LogP) is 2.96. The Morgan fingerprint density at radius 2 is 1.70 bits per heavy atom. The molecule has 0 spiro atoms. The molecule has 0 amide bonds. The van der Waals surface area contributed by atoms with Crippen molar-refractivity contribution in [3.63, 3.8) is 0 Å².